The second kappa shape index (κ2) is 5.25. The number of hydrogen-bond donors (Lipinski definition) is 2. The Morgan fingerprint density at radius 3 is 2.67 bits per heavy atom. The average molecular weight is 250 g/mol. The number of carbonyl (C=O) groups excluding carboxylic acids is 2. The summed E-state index contributed by atoms with van der Waals surface area (Å²) in [4.78, 5) is 24.3. The molecule has 0 heterocycles. The average Bonchev–Trinajstić information content (AvgIpc) is 2.97. The van der Waals surface area contributed by atoms with Gasteiger partial charge in [-0.25, -0.2) is 14.5 Å². The summed E-state index contributed by atoms with van der Waals surface area (Å²) in [5.41, 5.74) is 0. The Balaban J connectivity index is 1.81. The van der Waals surface area contributed by atoms with E-state index >= 15 is 0 Å². The van der Waals surface area contributed by atoms with Crippen molar-refractivity contribution in [3.8, 4) is 6.07 Å². The number of amides is 4. The standard InChI is InChI=1S/C12H18N4O2/c1-16(11(17)14-5-4-13)12(18)15-10-7-8-2-3-9(10)6-8/h8-10H,2-3,5-7H2,1H3,(H,14,17)(H,15,18). The SMILES string of the molecule is CN(C(=O)NCC#N)C(=O)NC1CC2CCC1C2. The third kappa shape index (κ3) is 2.55. The van der Waals surface area contributed by atoms with Crippen LogP contribution in [0.3, 0.4) is 0 Å². The topological polar surface area (TPSA) is 85.2 Å². The lowest BCUT2D eigenvalue weighted by atomic mass is 9.95. The first kappa shape index (κ1) is 12.7. The fourth-order valence-corrected chi connectivity index (χ4v) is 3.00. The largest absolute Gasteiger partial charge is 0.335 e. The maximum atomic E-state index is 11.9. The van der Waals surface area contributed by atoms with Crippen molar-refractivity contribution in [3.05, 3.63) is 0 Å². The fraction of sp³-hybridized carbons (Fsp3) is 0.750. The first-order chi connectivity index (χ1) is 8.61. The Labute approximate surface area is 106 Å². The Morgan fingerprint density at radius 1 is 1.33 bits per heavy atom. The van der Waals surface area contributed by atoms with Crippen LogP contribution in [-0.4, -0.2) is 36.6 Å². The van der Waals surface area contributed by atoms with Crippen LogP contribution in [0.5, 0.6) is 0 Å². The van der Waals surface area contributed by atoms with E-state index in [4.69, 9.17) is 5.26 Å². The molecule has 2 aliphatic rings. The molecular weight excluding hydrogens is 232 g/mol. The maximum Gasteiger partial charge on any atom is 0.326 e. The molecule has 0 aromatic carbocycles. The number of urea groups is 2. The van der Waals surface area contributed by atoms with Crippen LogP contribution in [0.25, 0.3) is 0 Å². The van der Waals surface area contributed by atoms with Crippen molar-refractivity contribution in [2.24, 2.45) is 11.8 Å². The number of rotatable bonds is 2. The number of carbonyl (C=O) groups is 2. The van der Waals surface area contributed by atoms with Crippen LogP contribution in [-0.2, 0) is 0 Å². The van der Waals surface area contributed by atoms with Gasteiger partial charge in [0.15, 0.2) is 0 Å². The van der Waals surface area contributed by atoms with Gasteiger partial charge in [-0.15, -0.1) is 0 Å². The van der Waals surface area contributed by atoms with E-state index in [0.717, 1.165) is 17.2 Å². The molecule has 0 saturated heterocycles. The molecule has 0 aromatic rings. The zero-order valence-electron chi connectivity index (χ0n) is 10.5. The zero-order valence-corrected chi connectivity index (χ0v) is 10.5. The molecule has 2 bridgehead atoms. The summed E-state index contributed by atoms with van der Waals surface area (Å²) in [6, 6.07) is 1.08. The summed E-state index contributed by atoms with van der Waals surface area (Å²) in [6.07, 6.45) is 4.69. The van der Waals surface area contributed by atoms with Gasteiger partial charge in [-0.1, -0.05) is 6.42 Å². The van der Waals surface area contributed by atoms with Crippen molar-refractivity contribution in [2.75, 3.05) is 13.6 Å². The Bertz CT molecular complexity index is 390. The lowest BCUT2D eigenvalue weighted by Crippen LogP contribution is -2.50. The van der Waals surface area contributed by atoms with E-state index in [2.05, 4.69) is 10.6 Å². The molecule has 2 rings (SSSR count). The summed E-state index contributed by atoms with van der Waals surface area (Å²) >= 11 is 0. The second-order valence-corrected chi connectivity index (χ2v) is 5.11. The molecule has 6 nitrogen and oxygen atoms in total. The van der Waals surface area contributed by atoms with Crippen molar-refractivity contribution in [3.63, 3.8) is 0 Å². The van der Waals surface area contributed by atoms with Gasteiger partial charge in [0.25, 0.3) is 0 Å². The number of imide groups is 1. The first-order valence-corrected chi connectivity index (χ1v) is 6.30. The second-order valence-electron chi connectivity index (χ2n) is 5.11. The van der Waals surface area contributed by atoms with E-state index in [1.807, 2.05) is 0 Å². The Morgan fingerprint density at radius 2 is 2.11 bits per heavy atom. The predicted molar refractivity (Wildman–Crippen MR) is 64.5 cm³/mol. The lowest BCUT2D eigenvalue weighted by Gasteiger charge is -2.25. The summed E-state index contributed by atoms with van der Waals surface area (Å²) in [5.74, 6) is 1.33. The highest BCUT2D eigenvalue weighted by Crippen LogP contribution is 2.44. The molecule has 3 atom stereocenters. The molecule has 3 unspecified atom stereocenters. The molecule has 0 aromatic heterocycles. The lowest BCUT2D eigenvalue weighted by molar-refractivity contribution is 0.189. The molecule has 0 radical (unpaired) electrons. The smallest absolute Gasteiger partial charge is 0.326 e. The van der Waals surface area contributed by atoms with E-state index in [1.165, 1.54) is 26.3 Å². The van der Waals surface area contributed by atoms with Gasteiger partial charge in [0.05, 0.1) is 6.07 Å². The van der Waals surface area contributed by atoms with Gasteiger partial charge in [-0.3, -0.25) is 0 Å². The van der Waals surface area contributed by atoms with Crippen molar-refractivity contribution >= 4 is 12.1 Å². The highest BCUT2D eigenvalue weighted by Gasteiger charge is 2.40. The van der Waals surface area contributed by atoms with E-state index < -0.39 is 6.03 Å². The van der Waals surface area contributed by atoms with Gasteiger partial charge < -0.3 is 10.6 Å². The third-order valence-electron chi connectivity index (χ3n) is 3.97. The minimum atomic E-state index is -0.544. The highest BCUT2D eigenvalue weighted by atomic mass is 16.2. The quantitative estimate of drug-likeness (QED) is 0.718. The summed E-state index contributed by atoms with van der Waals surface area (Å²) in [5, 5.41) is 13.6. The molecule has 0 aliphatic heterocycles. The van der Waals surface area contributed by atoms with Gasteiger partial charge in [-0.2, -0.15) is 5.26 Å². The normalized spacial score (nSPS) is 28.6. The number of nitrogens with one attached hydrogen (secondary N) is 2. The highest BCUT2D eigenvalue weighted by molar-refractivity contribution is 5.93. The third-order valence-corrected chi connectivity index (χ3v) is 3.97. The monoisotopic (exact) mass is 250 g/mol. The minimum Gasteiger partial charge on any atom is -0.335 e. The van der Waals surface area contributed by atoms with Crippen molar-refractivity contribution in [2.45, 2.75) is 31.7 Å². The molecular formula is C12H18N4O2. The van der Waals surface area contributed by atoms with E-state index in [9.17, 15) is 9.59 Å². The van der Waals surface area contributed by atoms with Crippen molar-refractivity contribution < 1.29 is 9.59 Å². The van der Waals surface area contributed by atoms with Crippen LogP contribution >= 0.6 is 0 Å². The Kier molecular flexibility index (Phi) is 3.70. The van der Waals surface area contributed by atoms with Crippen molar-refractivity contribution in [1.82, 2.24) is 15.5 Å². The number of nitriles is 1. The van der Waals surface area contributed by atoms with Gasteiger partial charge in [-0.05, 0) is 31.1 Å². The molecule has 18 heavy (non-hydrogen) atoms. The minimum absolute atomic E-state index is 0.0927. The van der Waals surface area contributed by atoms with E-state index in [1.54, 1.807) is 6.07 Å². The zero-order chi connectivity index (χ0) is 13.1. The fourth-order valence-electron chi connectivity index (χ4n) is 3.00. The van der Waals surface area contributed by atoms with Crippen LogP contribution < -0.4 is 10.6 Å². The Hall–Kier alpha value is -1.77. The van der Waals surface area contributed by atoms with Crippen molar-refractivity contribution in [1.29, 1.82) is 5.26 Å². The molecule has 6 heteroatoms. The van der Waals surface area contributed by atoms with Crippen LogP contribution in [0.15, 0.2) is 0 Å². The number of fused-ring (bicyclic) bond motifs is 2. The molecule has 98 valence electrons. The molecule has 4 amide bonds. The van der Waals surface area contributed by atoms with E-state index in [0.29, 0.717) is 5.92 Å². The van der Waals surface area contributed by atoms with Gasteiger partial charge >= 0.3 is 12.1 Å². The maximum absolute atomic E-state index is 11.9. The summed E-state index contributed by atoms with van der Waals surface area (Å²) in [7, 11) is 1.41. The molecule has 2 N–H and O–H groups in total. The molecule has 2 saturated carbocycles. The predicted octanol–water partition coefficient (Wildman–Crippen LogP) is 1.05. The number of hydrogen-bond acceptors (Lipinski definition) is 3. The first-order valence-electron chi connectivity index (χ1n) is 6.30. The molecule has 2 fully saturated rings. The van der Waals surface area contributed by atoms with Gasteiger partial charge in [0.2, 0.25) is 0 Å². The van der Waals surface area contributed by atoms with E-state index in [-0.39, 0.29) is 18.6 Å². The van der Waals surface area contributed by atoms with Crippen LogP contribution in [0.2, 0.25) is 0 Å². The molecule has 0 spiro atoms. The number of nitrogens with zero attached hydrogens (tertiary/aromatic N) is 2. The van der Waals surface area contributed by atoms with Crippen LogP contribution in [0.1, 0.15) is 25.7 Å². The van der Waals surface area contributed by atoms with Gasteiger partial charge in [0, 0.05) is 13.1 Å². The summed E-state index contributed by atoms with van der Waals surface area (Å²) < 4.78 is 0. The van der Waals surface area contributed by atoms with Gasteiger partial charge in [0.1, 0.15) is 6.54 Å². The molecule has 2 aliphatic carbocycles. The van der Waals surface area contributed by atoms with Crippen LogP contribution in [0, 0.1) is 23.2 Å². The summed E-state index contributed by atoms with van der Waals surface area (Å²) in [6.45, 7) is -0.0927. The van der Waals surface area contributed by atoms with Crippen LogP contribution in [0.4, 0.5) is 9.59 Å².